The third kappa shape index (κ3) is 4.47. The van der Waals surface area contributed by atoms with E-state index in [4.69, 9.17) is 27.6 Å². The second-order valence-electron chi connectivity index (χ2n) is 6.73. The number of likely N-dealkylation sites (tertiary alicyclic amines) is 1. The lowest BCUT2D eigenvalue weighted by Crippen LogP contribution is -2.41. The summed E-state index contributed by atoms with van der Waals surface area (Å²) in [5.74, 6) is -0.305. The second-order valence-corrected chi connectivity index (χ2v) is 8.43. The molecule has 150 valence electrons. The van der Waals surface area contributed by atoms with Crippen molar-refractivity contribution >= 4 is 51.5 Å². The molecule has 0 unspecified atom stereocenters. The molecule has 0 aliphatic carbocycles. The molecule has 9 heteroatoms. The van der Waals surface area contributed by atoms with E-state index in [-0.39, 0.29) is 17.7 Å². The molecule has 2 amide bonds. The number of anilines is 1. The maximum Gasteiger partial charge on any atom is 0.257 e. The molecule has 4 rings (SSSR count). The van der Waals surface area contributed by atoms with Crippen molar-refractivity contribution in [3.05, 3.63) is 57.8 Å². The van der Waals surface area contributed by atoms with Gasteiger partial charge in [-0.05, 0) is 37.1 Å². The fourth-order valence-electron chi connectivity index (χ4n) is 3.27. The number of carbonyl (C=O) groups excluding carboxylic acids is 2. The first-order valence-corrected chi connectivity index (χ1v) is 10.7. The van der Waals surface area contributed by atoms with Gasteiger partial charge in [0.05, 0.1) is 22.5 Å². The van der Waals surface area contributed by atoms with Gasteiger partial charge in [0.15, 0.2) is 5.13 Å². The number of furan rings is 1. The molecule has 1 fully saturated rings. The van der Waals surface area contributed by atoms with E-state index in [0.717, 1.165) is 5.56 Å². The summed E-state index contributed by atoms with van der Waals surface area (Å²) in [5, 5.41) is 6.32. The molecule has 0 saturated carbocycles. The largest absolute Gasteiger partial charge is 0.472 e. The number of rotatable bonds is 4. The number of nitrogens with one attached hydrogen (secondary N) is 1. The molecular weight excluding hydrogens is 433 g/mol. The van der Waals surface area contributed by atoms with Crippen LogP contribution in [0.25, 0.3) is 11.3 Å². The Labute approximate surface area is 181 Å². The van der Waals surface area contributed by atoms with E-state index in [2.05, 4.69) is 10.3 Å². The number of hydrogen-bond donors (Lipinski definition) is 1. The molecule has 1 N–H and O–H groups in total. The first-order chi connectivity index (χ1) is 14.0. The van der Waals surface area contributed by atoms with Gasteiger partial charge in [0, 0.05) is 35.0 Å². The summed E-state index contributed by atoms with van der Waals surface area (Å²) >= 11 is 13.5. The topological polar surface area (TPSA) is 75.4 Å². The van der Waals surface area contributed by atoms with Crippen molar-refractivity contribution in [2.24, 2.45) is 5.92 Å². The normalized spacial score (nSPS) is 14.8. The molecule has 1 saturated heterocycles. The minimum Gasteiger partial charge on any atom is -0.472 e. The maximum absolute atomic E-state index is 12.6. The number of halogens is 2. The smallest absolute Gasteiger partial charge is 0.257 e. The Morgan fingerprint density at radius 2 is 2.00 bits per heavy atom. The Hall–Kier alpha value is -2.35. The number of nitrogens with zero attached hydrogens (tertiary/aromatic N) is 2. The van der Waals surface area contributed by atoms with Gasteiger partial charge in [-0.3, -0.25) is 9.59 Å². The average Bonchev–Trinajstić information content (AvgIpc) is 3.40. The number of piperidine rings is 1. The Morgan fingerprint density at radius 3 is 2.69 bits per heavy atom. The van der Waals surface area contributed by atoms with Gasteiger partial charge < -0.3 is 14.6 Å². The van der Waals surface area contributed by atoms with E-state index < -0.39 is 0 Å². The molecule has 0 atom stereocenters. The van der Waals surface area contributed by atoms with Crippen LogP contribution in [0.15, 0.2) is 46.6 Å². The number of amides is 2. The highest BCUT2D eigenvalue weighted by atomic mass is 35.5. The van der Waals surface area contributed by atoms with E-state index in [1.807, 2.05) is 5.38 Å². The van der Waals surface area contributed by atoms with Crippen molar-refractivity contribution in [1.82, 2.24) is 9.88 Å². The van der Waals surface area contributed by atoms with Gasteiger partial charge in [-0.25, -0.2) is 4.98 Å². The number of benzene rings is 1. The number of carbonyl (C=O) groups is 2. The summed E-state index contributed by atoms with van der Waals surface area (Å²) in [6.07, 6.45) is 4.13. The summed E-state index contributed by atoms with van der Waals surface area (Å²) in [5.41, 5.74) is 1.98. The Balaban J connectivity index is 1.35. The van der Waals surface area contributed by atoms with Crippen LogP contribution in [0.3, 0.4) is 0 Å². The zero-order valence-electron chi connectivity index (χ0n) is 15.2. The van der Waals surface area contributed by atoms with E-state index >= 15 is 0 Å². The summed E-state index contributed by atoms with van der Waals surface area (Å²) in [6, 6.07) is 6.86. The van der Waals surface area contributed by atoms with Crippen molar-refractivity contribution in [2.75, 3.05) is 18.4 Å². The van der Waals surface area contributed by atoms with Gasteiger partial charge in [0.1, 0.15) is 6.26 Å². The number of hydrogen-bond acceptors (Lipinski definition) is 5. The minimum absolute atomic E-state index is 0.0676. The van der Waals surface area contributed by atoms with Crippen LogP contribution >= 0.6 is 34.5 Å². The molecule has 3 heterocycles. The predicted octanol–water partition coefficient (Wildman–Crippen LogP) is 5.20. The molecule has 1 aromatic carbocycles. The minimum atomic E-state index is -0.158. The third-order valence-electron chi connectivity index (χ3n) is 4.86. The fourth-order valence-corrected chi connectivity index (χ4v) is 4.49. The molecule has 29 heavy (non-hydrogen) atoms. The quantitative estimate of drug-likeness (QED) is 0.593. The van der Waals surface area contributed by atoms with Crippen molar-refractivity contribution in [1.29, 1.82) is 0 Å². The average molecular weight is 450 g/mol. The van der Waals surface area contributed by atoms with E-state index in [9.17, 15) is 9.59 Å². The van der Waals surface area contributed by atoms with Crippen LogP contribution < -0.4 is 5.32 Å². The third-order valence-corrected chi connectivity index (χ3v) is 6.17. The molecule has 0 spiro atoms. The van der Waals surface area contributed by atoms with Gasteiger partial charge in [-0.15, -0.1) is 11.3 Å². The maximum atomic E-state index is 12.6. The molecule has 0 radical (unpaired) electrons. The molecular formula is C20H17Cl2N3O3S. The zero-order chi connectivity index (χ0) is 20.4. The van der Waals surface area contributed by atoms with Crippen LogP contribution in [-0.2, 0) is 4.79 Å². The van der Waals surface area contributed by atoms with Gasteiger partial charge in [0.25, 0.3) is 5.91 Å². The van der Waals surface area contributed by atoms with Crippen molar-refractivity contribution in [3.8, 4) is 11.3 Å². The van der Waals surface area contributed by atoms with Crippen LogP contribution in [0.4, 0.5) is 5.13 Å². The van der Waals surface area contributed by atoms with Crippen LogP contribution in [0, 0.1) is 5.92 Å². The summed E-state index contributed by atoms with van der Waals surface area (Å²) in [7, 11) is 0. The van der Waals surface area contributed by atoms with Gasteiger partial charge in [-0.1, -0.05) is 23.2 Å². The Bertz CT molecular complexity index is 1030. The zero-order valence-corrected chi connectivity index (χ0v) is 17.6. The molecule has 6 nitrogen and oxygen atoms in total. The van der Waals surface area contributed by atoms with Crippen LogP contribution in [0.1, 0.15) is 23.2 Å². The van der Waals surface area contributed by atoms with E-state index in [0.29, 0.717) is 52.4 Å². The van der Waals surface area contributed by atoms with Gasteiger partial charge in [-0.2, -0.15) is 0 Å². The monoisotopic (exact) mass is 449 g/mol. The molecule has 0 bridgehead atoms. The standard InChI is InChI=1S/C20H17Cl2N3O3S/c21-14-1-2-15(16(22)9-14)17-11-29-20(23-17)24-18(26)12-3-6-25(7-4-12)19(27)13-5-8-28-10-13/h1-2,5,8-12H,3-4,6-7H2,(H,23,24,26). The SMILES string of the molecule is O=C(Nc1nc(-c2ccc(Cl)cc2Cl)cs1)C1CCN(C(=O)c2ccoc2)CC1. The van der Waals surface area contributed by atoms with E-state index in [1.54, 1.807) is 29.2 Å². The second kappa shape index (κ2) is 8.57. The van der Waals surface area contributed by atoms with Gasteiger partial charge >= 0.3 is 0 Å². The lowest BCUT2D eigenvalue weighted by atomic mass is 9.95. The molecule has 1 aliphatic heterocycles. The van der Waals surface area contributed by atoms with Crippen molar-refractivity contribution < 1.29 is 14.0 Å². The summed E-state index contributed by atoms with van der Waals surface area (Å²) < 4.78 is 4.97. The molecule has 2 aromatic heterocycles. The summed E-state index contributed by atoms with van der Waals surface area (Å²) in [6.45, 7) is 1.07. The lowest BCUT2D eigenvalue weighted by Gasteiger charge is -2.30. The van der Waals surface area contributed by atoms with Crippen molar-refractivity contribution in [2.45, 2.75) is 12.8 Å². The van der Waals surface area contributed by atoms with Gasteiger partial charge in [0.2, 0.25) is 5.91 Å². The van der Waals surface area contributed by atoms with Crippen molar-refractivity contribution in [3.63, 3.8) is 0 Å². The highest BCUT2D eigenvalue weighted by Gasteiger charge is 2.28. The Kier molecular flexibility index (Phi) is 5.89. The molecule has 3 aromatic rings. The number of aromatic nitrogens is 1. The Morgan fingerprint density at radius 1 is 1.21 bits per heavy atom. The predicted molar refractivity (Wildman–Crippen MR) is 114 cm³/mol. The fraction of sp³-hybridized carbons (Fsp3) is 0.250. The first kappa shape index (κ1) is 19.9. The lowest BCUT2D eigenvalue weighted by molar-refractivity contribution is -0.121. The van der Waals surface area contributed by atoms with Crippen LogP contribution in [0.5, 0.6) is 0 Å². The number of thiazole rings is 1. The highest BCUT2D eigenvalue weighted by Crippen LogP contribution is 2.32. The van der Waals surface area contributed by atoms with E-state index in [1.165, 1.54) is 23.9 Å². The van der Waals surface area contributed by atoms with Crippen LogP contribution in [0.2, 0.25) is 10.0 Å². The highest BCUT2D eigenvalue weighted by molar-refractivity contribution is 7.14. The summed E-state index contributed by atoms with van der Waals surface area (Å²) in [4.78, 5) is 31.2. The van der Waals surface area contributed by atoms with Crippen LogP contribution in [-0.4, -0.2) is 34.8 Å². The first-order valence-electron chi connectivity index (χ1n) is 9.04. The molecule has 1 aliphatic rings.